The normalized spacial score (nSPS) is 11.1. The van der Waals surface area contributed by atoms with Crippen molar-refractivity contribution in [3.8, 4) is 28.6 Å². The van der Waals surface area contributed by atoms with Crippen LogP contribution in [0, 0.1) is 0 Å². The predicted molar refractivity (Wildman–Crippen MR) is 132 cm³/mol. The van der Waals surface area contributed by atoms with Crippen molar-refractivity contribution < 1.29 is 14.0 Å². The lowest BCUT2D eigenvalue weighted by Gasteiger charge is -2.12. The average molecular weight is 493 g/mol. The first kappa shape index (κ1) is 22.2. The molecule has 0 atom stereocenters. The molecular weight excluding hydrogens is 472 g/mol. The summed E-state index contributed by atoms with van der Waals surface area (Å²) in [6, 6.07) is 16.7. The topological polar surface area (TPSA) is 92.3 Å². The van der Waals surface area contributed by atoms with Gasteiger partial charge >= 0.3 is 0 Å². The highest BCUT2D eigenvalue weighted by molar-refractivity contribution is 7.98. The SMILES string of the molecule is CCOc1ccc(-c2noc(CSc3nc4ccsc4c(=O)n3-c3cccc(OC)c3)n2)cc1. The van der Waals surface area contributed by atoms with Crippen LogP contribution in [0.15, 0.2) is 74.5 Å². The van der Waals surface area contributed by atoms with E-state index >= 15 is 0 Å². The average Bonchev–Trinajstić information content (AvgIpc) is 3.53. The molecule has 0 saturated heterocycles. The molecule has 0 aliphatic carbocycles. The van der Waals surface area contributed by atoms with Gasteiger partial charge in [0.1, 0.15) is 16.2 Å². The van der Waals surface area contributed by atoms with E-state index in [1.807, 2.05) is 66.9 Å². The van der Waals surface area contributed by atoms with Crippen molar-refractivity contribution in [1.82, 2.24) is 19.7 Å². The van der Waals surface area contributed by atoms with Crippen molar-refractivity contribution in [3.05, 3.63) is 76.2 Å². The molecule has 8 nitrogen and oxygen atoms in total. The molecule has 3 heterocycles. The molecule has 0 fully saturated rings. The Morgan fingerprint density at radius 2 is 1.94 bits per heavy atom. The maximum Gasteiger partial charge on any atom is 0.276 e. The van der Waals surface area contributed by atoms with Gasteiger partial charge in [0.25, 0.3) is 5.56 Å². The van der Waals surface area contributed by atoms with Crippen molar-refractivity contribution in [3.63, 3.8) is 0 Å². The molecule has 0 N–H and O–H groups in total. The number of aromatic nitrogens is 4. The number of benzene rings is 2. The van der Waals surface area contributed by atoms with Gasteiger partial charge in [-0.05, 0) is 54.8 Å². The Morgan fingerprint density at radius 1 is 1.09 bits per heavy atom. The first-order valence-corrected chi connectivity index (χ1v) is 12.4. The van der Waals surface area contributed by atoms with E-state index in [9.17, 15) is 4.79 Å². The van der Waals surface area contributed by atoms with E-state index in [0.29, 0.717) is 50.9 Å². The summed E-state index contributed by atoms with van der Waals surface area (Å²) in [5, 5.41) is 6.49. The third-order valence-corrected chi connectivity index (χ3v) is 6.79. The van der Waals surface area contributed by atoms with E-state index in [4.69, 9.17) is 19.0 Å². The largest absolute Gasteiger partial charge is 0.497 e. The minimum atomic E-state index is -0.128. The van der Waals surface area contributed by atoms with Crippen molar-refractivity contribution in [1.29, 1.82) is 0 Å². The van der Waals surface area contributed by atoms with Gasteiger partial charge in [-0.2, -0.15) is 4.98 Å². The molecule has 0 aliphatic heterocycles. The number of hydrogen-bond donors (Lipinski definition) is 0. The Hall–Kier alpha value is -3.63. The van der Waals surface area contributed by atoms with Gasteiger partial charge in [0.05, 0.1) is 30.7 Å². The van der Waals surface area contributed by atoms with Gasteiger partial charge in [0, 0.05) is 11.6 Å². The number of thiophene rings is 1. The first-order valence-electron chi connectivity index (χ1n) is 10.5. The molecule has 10 heteroatoms. The maximum absolute atomic E-state index is 13.3. The lowest BCUT2D eigenvalue weighted by atomic mass is 10.2. The summed E-state index contributed by atoms with van der Waals surface area (Å²) in [5.41, 5.74) is 2.04. The van der Waals surface area contributed by atoms with Crippen LogP contribution in [0.1, 0.15) is 12.8 Å². The van der Waals surface area contributed by atoms with Gasteiger partial charge in [0.15, 0.2) is 5.16 Å². The van der Waals surface area contributed by atoms with Crippen molar-refractivity contribution in [2.45, 2.75) is 17.8 Å². The summed E-state index contributed by atoms with van der Waals surface area (Å²) in [6.07, 6.45) is 0. The van der Waals surface area contributed by atoms with Gasteiger partial charge in [-0.15, -0.1) is 11.3 Å². The number of nitrogens with zero attached hydrogens (tertiary/aromatic N) is 4. The smallest absolute Gasteiger partial charge is 0.276 e. The molecule has 0 aliphatic rings. The van der Waals surface area contributed by atoms with E-state index < -0.39 is 0 Å². The standard InChI is InChI=1S/C24H20N4O4S2/c1-3-31-17-9-7-15(8-10-17)22-26-20(32-27-22)14-34-24-25-19-11-12-33-21(19)23(29)28(24)16-5-4-6-18(13-16)30-2/h4-13H,3,14H2,1-2H3. The van der Waals surface area contributed by atoms with Crippen LogP contribution >= 0.6 is 23.1 Å². The molecule has 0 radical (unpaired) electrons. The molecular formula is C24H20N4O4S2. The first-order chi connectivity index (χ1) is 16.7. The fourth-order valence-corrected chi connectivity index (χ4v) is 5.00. The monoisotopic (exact) mass is 492 g/mol. The van der Waals surface area contributed by atoms with Crippen LogP contribution in [0.25, 0.3) is 27.3 Å². The molecule has 0 unspecified atom stereocenters. The number of ether oxygens (including phenoxy) is 2. The molecule has 5 aromatic rings. The van der Waals surface area contributed by atoms with Crippen LogP contribution in [-0.4, -0.2) is 33.4 Å². The molecule has 172 valence electrons. The number of rotatable bonds is 8. The Bertz CT molecular complexity index is 1490. The second kappa shape index (κ2) is 9.70. The van der Waals surface area contributed by atoms with Crippen LogP contribution in [-0.2, 0) is 5.75 Å². The Labute approximate surface area is 203 Å². The lowest BCUT2D eigenvalue weighted by molar-refractivity contribution is 0.340. The van der Waals surface area contributed by atoms with Crippen LogP contribution in [0.5, 0.6) is 11.5 Å². The molecule has 5 rings (SSSR count). The van der Waals surface area contributed by atoms with Crippen molar-refractivity contribution >= 4 is 33.3 Å². The van der Waals surface area contributed by atoms with Crippen LogP contribution in [0.2, 0.25) is 0 Å². The zero-order valence-electron chi connectivity index (χ0n) is 18.4. The van der Waals surface area contributed by atoms with Crippen LogP contribution in [0.4, 0.5) is 0 Å². The highest BCUT2D eigenvalue weighted by Crippen LogP contribution is 2.28. The summed E-state index contributed by atoms with van der Waals surface area (Å²) >= 11 is 2.73. The molecule has 0 amide bonds. The zero-order valence-corrected chi connectivity index (χ0v) is 20.1. The van der Waals surface area contributed by atoms with E-state index in [0.717, 1.165) is 11.3 Å². The van der Waals surface area contributed by atoms with Crippen LogP contribution in [0.3, 0.4) is 0 Å². The van der Waals surface area contributed by atoms with Gasteiger partial charge in [-0.25, -0.2) is 4.98 Å². The summed E-state index contributed by atoms with van der Waals surface area (Å²) in [5.74, 6) is 2.73. The fraction of sp³-hybridized carbons (Fsp3) is 0.167. The maximum atomic E-state index is 13.3. The Kier molecular flexibility index (Phi) is 6.33. The molecule has 34 heavy (non-hydrogen) atoms. The lowest BCUT2D eigenvalue weighted by Crippen LogP contribution is -2.20. The minimum absolute atomic E-state index is 0.128. The quantitative estimate of drug-likeness (QED) is 0.216. The fourth-order valence-electron chi connectivity index (χ4n) is 3.39. The highest BCUT2D eigenvalue weighted by atomic mass is 32.2. The third kappa shape index (κ3) is 4.42. The van der Waals surface area contributed by atoms with Gasteiger partial charge < -0.3 is 14.0 Å². The van der Waals surface area contributed by atoms with Gasteiger partial charge in [-0.3, -0.25) is 9.36 Å². The van der Waals surface area contributed by atoms with Crippen molar-refractivity contribution in [2.75, 3.05) is 13.7 Å². The van der Waals surface area contributed by atoms with E-state index in [1.54, 1.807) is 11.7 Å². The second-order valence-corrected chi connectivity index (χ2v) is 8.99. The molecule has 2 aromatic carbocycles. The summed E-state index contributed by atoms with van der Waals surface area (Å²) in [6.45, 7) is 2.55. The molecule has 0 bridgehead atoms. The Balaban J connectivity index is 1.44. The minimum Gasteiger partial charge on any atom is -0.497 e. The van der Waals surface area contributed by atoms with Gasteiger partial charge in [-0.1, -0.05) is 23.0 Å². The number of methoxy groups -OCH3 is 1. The van der Waals surface area contributed by atoms with E-state index in [1.165, 1.54) is 23.1 Å². The predicted octanol–water partition coefficient (Wildman–Crippen LogP) is 5.20. The molecule has 0 saturated carbocycles. The van der Waals surface area contributed by atoms with E-state index in [2.05, 4.69) is 10.1 Å². The zero-order chi connectivity index (χ0) is 23.5. The number of hydrogen-bond acceptors (Lipinski definition) is 9. The summed E-state index contributed by atoms with van der Waals surface area (Å²) < 4.78 is 18.5. The summed E-state index contributed by atoms with van der Waals surface area (Å²) in [4.78, 5) is 22.5. The molecule has 3 aromatic heterocycles. The van der Waals surface area contributed by atoms with Crippen molar-refractivity contribution in [2.24, 2.45) is 0 Å². The van der Waals surface area contributed by atoms with E-state index in [-0.39, 0.29) is 5.56 Å². The van der Waals surface area contributed by atoms with Crippen LogP contribution < -0.4 is 15.0 Å². The highest BCUT2D eigenvalue weighted by Gasteiger charge is 2.17. The van der Waals surface area contributed by atoms with Gasteiger partial charge in [0.2, 0.25) is 11.7 Å². The number of fused-ring (bicyclic) bond motifs is 1. The second-order valence-electron chi connectivity index (χ2n) is 7.13. The Morgan fingerprint density at radius 3 is 2.74 bits per heavy atom. The molecule has 0 spiro atoms. The third-order valence-electron chi connectivity index (χ3n) is 4.98. The number of thioether (sulfide) groups is 1. The summed E-state index contributed by atoms with van der Waals surface area (Å²) in [7, 11) is 1.59.